The fraction of sp³-hybridized carbons (Fsp3) is 0.450. The van der Waals surface area contributed by atoms with Crippen LogP contribution >= 0.6 is 0 Å². The zero-order chi connectivity index (χ0) is 19.9. The van der Waals surface area contributed by atoms with Gasteiger partial charge >= 0.3 is 5.69 Å². The lowest BCUT2D eigenvalue weighted by Crippen LogP contribution is -2.28. The minimum Gasteiger partial charge on any atom is -0.497 e. The Labute approximate surface area is 164 Å². The Morgan fingerprint density at radius 2 is 1.93 bits per heavy atom. The molecule has 0 saturated carbocycles. The second-order valence-corrected chi connectivity index (χ2v) is 6.65. The van der Waals surface area contributed by atoms with Crippen LogP contribution in [0.1, 0.15) is 25.3 Å². The summed E-state index contributed by atoms with van der Waals surface area (Å²) < 4.78 is 8.65. The lowest BCUT2D eigenvalue weighted by molar-refractivity contribution is 0.414. The monoisotopic (exact) mass is 384 g/mol. The third kappa shape index (κ3) is 4.33. The van der Waals surface area contributed by atoms with Gasteiger partial charge in [-0.2, -0.15) is 4.98 Å². The molecule has 0 unspecified atom stereocenters. The van der Waals surface area contributed by atoms with Crippen molar-refractivity contribution in [1.29, 1.82) is 0 Å². The van der Waals surface area contributed by atoms with E-state index in [4.69, 9.17) is 4.74 Å². The van der Waals surface area contributed by atoms with E-state index < -0.39 is 0 Å². The number of nitrogens with one attached hydrogen (secondary N) is 2. The molecule has 3 aromatic rings. The average molecular weight is 384 g/mol. The molecule has 0 spiro atoms. The number of nitrogens with zero attached hydrogens (tertiary/aromatic N) is 4. The molecular formula is C20H28N6O2. The van der Waals surface area contributed by atoms with Gasteiger partial charge in [0.2, 0.25) is 5.95 Å². The Morgan fingerprint density at radius 1 is 1.14 bits per heavy atom. The third-order valence-electron chi connectivity index (χ3n) is 4.66. The minimum atomic E-state index is -0.0823. The van der Waals surface area contributed by atoms with E-state index in [1.807, 2.05) is 31.3 Å². The molecule has 0 amide bonds. The van der Waals surface area contributed by atoms with E-state index in [9.17, 15) is 4.79 Å². The second-order valence-electron chi connectivity index (χ2n) is 6.65. The van der Waals surface area contributed by atoms with Crippen molar-refractivity contribution in [1.82, 2.24) is 24.4 Å². The van der Waals surface area contributed by atoms with Gasteiger partial charge in [0.15, 0.2) is 5.65 Å². The van der Waals surface area contributed by atoms with E-state index in [-0.39, 0.29) is 5.69 Å². The Morgan fingerprint density at radius 3 is 2.61 bits per heavy atom. The van der Waals surface area contributed by atoms with Crippen molar-refractivity contribution >= 4 is 17.1 Å². The maximum atomic E-state index is 13.1. The highest BCUT2D eigenvalue weighted by atomic mass is 16.5. The molecule has 8 heteroatoms. The molecule has 0 aliphatic heterocycles. The van der Waals surface area contributed by atoms with Crippen molar-refractivity contribution in [2.24, 2.45) is 0 Å². The number of ether oxygens (including phenoxy) is 1. The number of methoxy groups -OCH3 is 1. The van der Waals surface area contributed by atoms with E-state index >= 15 is 0 Å². The second kappa shape index (κ2) is 9.36. The van der Waals surface area contributed by atoms with E-state index in [1.165, 1.54) is 0 Å². The van der Waals surface area contributed by atoms with E-state index in [0.29, 0.717) is 31.2 Å². The molecule has 28 heavy (non-hydrogen) atoms. The molecule has 8 nitrogen and oxygen atoms in total. The van der Waals surface area contributed by atoms with Gasteiger partial charge in [-0.1, -0.05) is 25.5 Å². The van der Waals surface area contributed by atoms with Crippen molar-refractivity contribution in [3.05, 3.63) is 46.5 Å². The summed E-state index contributed by atoms with van der Waals surface area (Å²) in [5.74, 6) is 1.34. The number of benzene rings is 1. The fourth-order valence-electron chi connectivity index (χ4n) is 3.05. The van der Waals surface area contributed by atoms with Crippen molar-refractivity contribution in [2.45, 2.75) is 32.9 Å². The number of fused-ring (bicyclic) bond motifs is 1. The highest BCUT2D eigenvalue weighted by Crippen LogP contribution is 2.16. The lowest BCUT2D eigenvalue weighted by Gasteiger charge is -2.06. The van der Waals surface area contributed by atoms with Crippen molar-refractivity contribution in [3.63, 3.8) is 0 Å². The van der Waals surface area contributed by atoms with Crippen LogP contribution in [0.2, 0.25) is 0 Å². The van der Waals surface area contributed by atoms with Crippen LogP contribution in [0.4, 0.5) is 5.95 Å². The first-order chi connectivity index (χ1) is 13.7. The van der Waals surface area contributed by atoms with Gasteiger partial charge in [-0.15, -0.1) is 0 Å². The standard InChI is InChI=1S/C20H28N6O2/c1-4-5-10-22-19-23-13-17-18(24-19)26(20(27)25(17)12-11-21-2)14-15-6-8-16(28-3)9-7-15/h6-9,13,21H,4-5,10-12,14H2,1-3H3,(H,22,23,24). The molecule has 0 bridgehead atoms. The van der Waals surface area contributed by atoms with E-state index in [0.717, 1.165) is 36.2 Å². The zero-order valence-corrected chi connectivity index (χ0v) is 16.7. The van der Waals surface area contributed by atoms with Gasteiger partial charge in [-0.3, -0.25) is 9.13 Å². The molecule has 0 aliphatic carbocycles. The van der Waals surface area contributed by atoms with Crippen LogP contribution in [0.15, 0.2) is 35.3 Å². The van der Waals surface area contributed by atoms with Crippen molar-refractivity contribution < 1.29 is 4.74 Å². The molecule has 2 N–H and O–H groups in total. The maximum Gasteiger partial charge on any atom is 0.330 e. The summed E-state index contributed by atoms with van der Waals surface area (Å²) in [6.07, 6.45) is 3.87. The van der Waals surface area contributed by atoms with Crippen molar-refractivity contribution in [2.75, 3.05) is 32.6 Å². The average Bonchev–Trinajstić information content (AvgIpc) is 2.98. The molecule has 0 atom stereocenters. The Bertz CT molecular complexity index is 961. The van der Waals surface area contributed by atoms with Gasteiger partial charge in [-0.25, -0.2) is 9.78 Å². The van der Waals surface area contributed by atoms with Crippen molar-refractivity contribution in [3.8, 4) is 5.75 Å². The predicted molar refractivity (Wildman–Crippen MR) is 111 cm³/mol. The molecular weight excluding hydrogens is 356 g/mol. The molecule has 0 aliphatic rings. The molecule has 1 aromatic carbocycles. The quantitative estimate of drug-likeness (QED) is 0.521. The van der Waals surface area contributed by atoms with E-state index in [2.05, 4.69) is 27.5 Å². The number of rotatable bonds is 10. The van der Waals surface area contributed by atoms with Crippen LogP contribution in [-0.4, -0.2) is 46.3 Å². The number of hydrogen-bond acceptors (Lipinski definition) is 6. The predicted octanol–water partition coefficient (Wildman–Crippen LogP) is 2.08. The number of aromatic nitrogens is 4. The third-order valence-corrected chi connectivity index (χ3v) is 4.66. The molecule has 2 aromatic heterocycles. The molecule has 0 fully saturated rings. The topological polar surface area (TPSA) is 86.0 Å². The van der Waals surface area contributed by atoms with Crippen LogP contribution in [0.3, 0.4) is 0 Å². The summed E-state index contributed by atoms with van der Waals surface area (Å²) in [6, 6.07) is 7.72. The summed E-state index contributed by atoms with van der Waals surface area (Å²) in [5, 5.41) is 6.33. The van der Waals surface area contributed by atoms with Gasteiger partial charge in [0.05, 0.1) is 19.9 Å². The number of anilines is 1. The summed E-state index contributed by atoms with van der Waals surface area (Å²) in [4.78, 5) is 22.1. The Balaban J connectivity index is 2.00. The van der Waals surface area contributed by atoms with Crippen LogP contribution in [0.25, 0.3) is 11.2 Å². The number of imidazole rings is 1. The fourth-order valence-corrected chi connectivity index (χ4v) is 3.05. The molecule has 0 saturated heterocycles. The Kier molecular flexibility index (Phi) is 6.65. The van der Waals surface area contributed by atoms with Gasteiger partial charge in [0.25, 0.3) is 0 Å². The largest absolute Gasteiger partial charge is 0.497 e. The highest BCUT2D eigenvalue weighted by molar-refractivity contribution is 5.72. The first-order valence-corrected chi connectivity index (χ1v) is 9.65. The number of likely N-dealkylation sites (N-methyl/N-ethyl adjacent to an activating group) is 1. The number of unbranched alkanes of at least 4 members (excludes halogenated alkanes) is 1. The van der Waals surface area contributed by atoms with Crippen LogP contribution in [0.5, 0.6) is 5.75 Å². The summed E-state index contributed by atoms with van der Waals surface area (Å²) >= 11 is 0. The summed E-state index contributed by atoms with van der Waals surface area (Å²) in [6.45, 7) is 4.65. The van der Waals surface area contributed by atoms with Gasteiger partial charge in [0, 0.05) is 19.6 Å². The lowest BCUT2D eigenvalue weighted by atomic mass is 10.2. The SMILES string of the molecule is CCCCNc1ncc2c(n1)n(Cc1ccc(OC)cc1)c(=O)n2CCNC. The maximum absolute atomic E-state index is 13.1. The van der Waals surface area contributed by atoms with Crippen LogP contribution in [-0.2, 0) is 13.1 Å². The zero-order valence-electron chi connectivity index (χ0n) is 16.7. The van der Waals surface area contributed by atoms with Gasteiger partial charge in [-0.05, 0) is 31.2 Å². The normalized spacial score (nSPS) is 11.1. The molecule has 0 radical (unpaired) electrons. The first-order valence-electron chi connectivity index (χ1n) is 9.65. The molecule has 2 heterocycles. The van der Waals surface area contributed by atoms with Gasteiger partial charge < -0.3 is 15.4 Å². The molecule has 150 valence electrons. The molecule has 3 rings (SSSR count). The smallest absolute Gasteiger partial charge is 0.330 e. The highest BCUT2D eigenvalue weighted by Gasteiger charge is 2.16. The minimum absolute atomic E-state index is 0.0823. The van der Waals surface area contributed by atoms with Crippen LogP contribution < -0.4 is 21.1 Å². The number of hydrogen-bond donors (Lipinski definition) is 2. The van der Waals surface area contributed by atoms with Gasteiger partial charge in [0.1, 0.15) is 11.3 Å². The first kappa shape index (κ1) is 19.9. The summed E-state index contributed by atoms with van der Waals surface area (Å²) in [5.41, 5.74) is 2.32. The van der Waals surface area contributed by atoms with E-state index in [1.54, 1.807) is 22.4 Å². The van der Waals surface area contributed by atoms with Crippen LogP contribution in [0, 0.1) is 0 Å². The Hall–Kier alpha value is -2.87. The summed E-state index contributed by atoms with van der Waals surface area (Å²) in [7, 11) is 3.51.